The number of thiol groups is 1. The maximum Gasteiger partial charge on any atom is 0.0119 e. The first-order valence-corrected chi connectivity index (χ1v) is 19.0. The number of aryl methyl sites for hydroxylation is 1. The first kappa shape index (κ1) is 49.3. The molecule has 1 heteroatoms. The van der Waals surface area contributed by atoms with Crippen LogP contribution in [0.1, 0.15) is 64.9 Å². The van der Waals surface area contributed by atoms with E-state index >= 15 is 0 Å². The topological polar surface area (TPSA) is 0 Å². The van der Waals surface area contributed by atoms with Crippen molar-refractivity contribution < 1.29 is 0 Å². The Morgan fingerprint density at radius 2 is 1.23 bits per heavy atom. The lowest BCUT2D eigenvalue weighted by atomic mass is 9.93. The van der Waals surface area contributed by atoms with Crippen LogP contribution in [0.5, 0.6) is 0 Å². The summed E-state index contributed by atoms with van der Waals surface area (Å²) in [5, 5.41) is 0. The minimum atomic E-state index is 0.817. The van der Waals surface area contributed by atoms with Gasteiger partial charge in [0.2, 0.25) is 0 Å². The molecule has 0 radical (unpaired) electrons. The third kappa shape index (κ3) is 32.4. The number of hydrogen-bond acceptors (Lipinski definition) is 1. The van der Waals surface area contributed by atoms with Gasteiger partial charge in [-0.2, -0.15) is 12.6 Å². The predicted octanol–water partition coefficient (Wildman–Crippen LogP) is 15.7. The molecule has 0 nitrogen and oxygen atoms in total. The van der Waals surface area contributed by atoms with Crippen LogP contribution in [0.3, 0.4) is 0 Å². The van der Waals surface area contributed by atoms with Crippen molar-refractivity contribution in [3.05, 3.63) is 243 Å². The van der Waals surface area contributed by atoms with Gasteiger partial charge in [-0.25, -0.2) is 0 Å². The summed E-state index contributed by atoms with van der Waals surface area (Å²) >= 11 is 4.53. The third-order valence-corrected chi connectivity index (χ3v) is 7.43. The highest BCUT2D eigenvalue weighted by Gasteiger charge is 2.07. The van der Waals surface area contributed by atoms with Crippen LogP contribution < -0.4 is 0 Å². The molecule has 1 aliphatic carbocycles. The second kappa shape index (κ2) is 40.6. The fourth-order valence-electron chi connectivity index (χ4n) is 4.25. The smallest absolute Gasteiger partial charge is 0.0119 e. The molecule has 4 rings (SSSR count). The van der Waals surface area contributed by atoms with Crippen molar-refractivity contribution in [2.24, 2.45) is 0 Å². The largest absolute Gasteiger partial charge is 0.175 e. The monoisotopic (exact) mass is 710 g/mol. The van der Waals surface area contributed by atoms with Gasteiger partial charge in [0.25, 0.3) is 0 Å². The van der Waals surface area contributed by atoms with Gasteiger partial charge in [0.1, 0.15) is 0 Å². The van der Waals surface area contributed by atoms with Gasteiger partial charge in [-0.3, -0.25) is 0 Å². The van der Waals surface area contributed by atoms with Crippen LogP contribution in [0.4, 0.5) is 0 Å². The molecule has 0 aromatic heterocycles. The van der Waals surface area contributed by atoms with E-state index in [1.807, 2.05) is 130 Å². The predicted molar refractivity (Wildman–Crippen MR) is 243 cm³/mol. The Bertz CT molecular complexity index is 1380. The van der Waals surface area contributed by atoms with Crippen LogP contribution in [0.25, 0.3) is 0 Å². The fourth-order valence-corrected chi connectivity index (χ4v) is 4.61. The summed E-state index contributed by atoms with van der Waals surface area (Å²) < 4.78 is 0. The zero-order valence-corrected chi connectivity index (χ0v) is 33.4. The molecule has 1 aliphatic rings. The minimum absolute atomic E-state index is 0.817. The van der Waals surface area contributed by atoms with Crippen molar-refractivity contribution in [3.63, 3.8) is 0 Å². The van der Waals surface area contributed by atoms with Crippen LogP contribution in [0.2, 0.25) is 0 Å². The average Bonchev–Trinajstić information content (AvgIpc) is 3.23. The normalized spacial score (nSPS) is 11.5. The van der Waals surface area contributed by atoms with Gasteiger partial charge in [0.05, 0.1) is 0 Å². The molecule has 0 N–H and O–H groups in total. The molecule has 0 spiro atoms. The Morgan fingerprint density at radius 3 is 1.65 bits per heavy atom. The number of hydrogen-bond donors (Lipinski definition) is 1. The molecule has 0 saturated carbocycles. The van der Waals surface area contributed by atoms with Crippen molar-refractivity contribution in [3.8, 4) is 0 Å². The Balaban J connectivity index is 0. The van der Waals surface area contributed by atoms with E-state index in [0.29, 0.717) is 0 Å². The SMILES string of the molecule is C=C/C(CC1=CC=CCC1)=C(/CS)CCc1ccccc1.C=C/C=C\C=C/C.C=C/C=C\CCC(=C)C=C.CC.c1ccccc1.c1ccccc1. The van der Waals surface area contributed by atoms with E-state index in [2.05, 4.69) is 100 Å². The molecular weight excluding hydrogens is 645 g/mol. The van der Waals surface area contributed by atoms with Gasteiger partial charge < -0.3 is 0 Å². The van der Waals surface area contributed by atoms with Gasteiger partial charge in [0.15, 0.2) is 0 Å². The Hall–Kier alpha value is -4.85. The van der Waals surface area contributed by atoms with Crippen LogP contribution in [0, 0.1) is 0 Å². The first-order chi connectivity index (χ1) is 25.6. The van der Waals surface area contributed by atoms with Crippen molar-refractivity contribution in [2.75, 3.05) is 5.75 Å². The molecule has 52 heavy (non-hydrogen) atoms. The highest BCUT2D eigenvalue weighted by atomic mass is 32.1. The quantitative estimate of drug-likeness (QED) is 0.125. The summed E-state index contributed by atoms with van der Waals surface area (Å²) in [6, 6.07) is 34.7. The van der Waals surface area contributed by atoms with Gasteiger partial charge in [0, 0.05) is 5.75 Å². The van der Waals surface area contributed by atoms with Gasteiger partial charge in [-0.15, -0.1) is 0 Å². The van der Waals surface area contributed by atoms with Crippen molar-refractivity contribution >= 4 is 12.6 Å². The molecule has 0 bridgehead atoms. The summed E-state index contributed by atoms with van der Waals surface area (Å²) in [7, 11) is 0. The van der Waals surface area contributed by atoms with Crippen molar-refractivity contribution in [2.45, 2.75) is 65.7 Å². The van der Waals surface area contributed by atoms with E-state index in [1.54, 1.807) is 18.2 Å². The van der Waals surface area contributed by atoms with Crippen LogP contribution >= 0.6 is 12.6 Å². The molecular formula is C51H66S. The standard InChI is InChI=1S/C20H24S.C10H14.C7H10.2C6H6.C2H6/c1-2-19(15-18-11-7-4-8-12-18)20(16-21)14-13-17-9-5-3-6-10-17;1-4-6-7-8-9-10(3)5-2;1-3-5-7-6-4-2;2*1-2-4-6-5-3-1;1-2/h2-7,9-11,21H,1,8,12-16H2;4-7H,1-3,8-9H2;3-7H,1H2,2H3;2*1-6H;1-2H3/b20-19-;7-6-;6-4-,7-5-;;;. The lowest BCUT2D eigenvalue weighted by Crippen LogP contribution is -1.98. The Labute approximate surface area is 325 Å². The van der Waals surface area contributed by atoms with E-state index < -0.39 is 0 Å². The Kier molecular flexibility index (Phi) is 38.4. The molecule has 3 aromatic rings. The molecule has 0 atom stereocenters. The molecule has 276 valence electrons. The second-order valence-corrected chi connectivity index (χ2v) is 11.3. The maximum atomic E-state index is 4.53. The second-order valence-electron chi connectivity index (χ2n) is 11.0. The highest BCUT2D eigenvalue weighted by molar-refractivity contribution is 7.80. The van der Waals surface area contributed by atoms with Gasteiger partial charge in [-0.1, -0.05) is 246 Å². The van der Waals surface area contributed by atoms with Crippen LogP contribution in [-0.4, -0.2) is 5.75 Å². The molecule has 0 heterocycles. The molecule has 0 amide bonds. The van der Waals surface area contributed by atoms with E-state index in [1.165, 1.54) is 28.7 Å². The number of allylic oxidation sites excluding steroid dienone is 16. The lowest BCUT2D eigenvalue weighted by molar-refractivity contribution is 0.883. The highest BCUT2D eigenvalue weighted by Crippen LogP contribution is 2.25. The van der Waals surface area contributed by atoms with Gasteiger partial charge >= 0.3 is 0 Å². The van der Waals surface area contributed by atoms with Crippen molar-refractivity contribution in [1.29, 1.82) is 0 Å². The third-order valence-electron chi connectivity index (χ3n) is 7.04. The molecule has 0 fully saturated rings. The summed E-state index contributed by atoms with van der Waals surface area (Å²) in [5.41, 5.74) is 6.77. The zero-order valence-electron chi connectivity index (χ0n) is 32.5. The van der Waals surface area contributed by atoms with Gasteiger partial charge in [-0.05, 0) is 63.0 Å². The van der Waals surface area contributed by atoms with Crippen molar-refractivity contribution in [1.82, 2.24) is 0 Å². The van der Waals surface area contributed by atoms with Crippen LogP contribution in [0.15, 0.2) is 237 Å². The average molecular weight is 711 g/mol. The summed E-state index contributed by atoms with van der Waals surface area (Å²) in [4.78, 5) is 0. The fraction of sp³-hybridized carbons (Fsp3) is 0.216. The number of rotatable bonds is 14. The first-order valence-electron chi connectivity index (χ1n) is 18.4. The molecule has 0 saturated heterocycles. The summed E-state index contributed by atoms with van der Waals surface area (Å²) in [6.07, 6.45) is 33.3. The summed E-state index contributed by atoms with van der Waals surface area (Å²) in [6.45, 7) is 24.5. The molecule has 0 aliphatic heterocycles. The zero-order chi connectivity index (χ0) is 38.8. The van der Waals surface area contributed by atoms with E-state index in [9.17, 15) is 0 Å². The Morgan fingerprint density at radius 1 is 0.692 bits per heavy atom. The molecule has 3 aromatic carbocycles. The lowest BCUT2D eigenvalue weighted by Gasteiger charge is -2.14. The number of benzene rings is 3. The van der Waals surface area contributed by atoms with E-state index in [0.717, 1.165) is 49.9 Å². The van der Waals surface area contributed by atoms with Crippen LogP contribution in [-0.2, 0) is 6.42 Å². The summed E-state index contributed by atoms with van der Waals surface area (Å²) in [5.74, 6) is 0.817. The maximum absolute atomic E-state index is 4.53. The van der Waals surface area contributed by atoms with E-state index in [-0.39, 0.29) is 0 Å². The molecule has 0 unspecified atom stereocenters. The van der Waals surface area contributed by atoms with E-state index in [4.69, 9.17) is 0 Å². The minimum Gasteiger partial charge on any atom is -0.175 e.